The maximum absolute atomic E-state index is 13.1. The molecule has 1 heterocycles. The summed E-state index contributed by atoms with van der Waals surface area (Å²) in [7, 11) is 0. The molecule has 1 atom stereocenters. The van der Waals surface area contributed by atoms with E-state index in [4.69, 9.17) is 0 Å². The van der Waals surface area contributed by atoms with E-state index in [1.807, 2.05) is 0 Å². The molecule has 1 aromatic carbocycles. The number of benzene rings is 1. The maximum Gasteiger partial charge on any atom is 0.251 e. The van der Waals surface area contributed by atoms with E-state index in [0.29, 0.717) is 17.0 Å². The fourth-order valence-electron chi connectivity index (χ4n) is 1.71. The van der Waals surface area contributed by atoms with Gasteiger partial charge in [0.25, 0.3) is 5.91 Å². The second kappa shape index (κ2) is 5.87. The number of hydrogen-bond acceptors (Lipinski definition) is 3. The third kappa shape index (κ3) is 3.43. The molecule has 0 bridgehead atoms. The molecule has 21 heavy (non-hydrogen) atoms. The first-order chi connectivity index (χ1) is 9.81. The fraction of sp³-hybridized carbons (Fsp3) is 0.214. The van der Waals surface area contributed by atoms with Gasteiger partial charge in [-0.05, 0) is 30.5 Å². The average Bonchev–Trinajstić information content (AvgIpc) is 2.96. The van der Waals surface area contributed by atoms with Crippen LogP contribution in [0.1, 0.15) is 22.2 Å². The van der Waals surface area contributed by atoms with Crippen LogP contribution in [0.2, 0.25) is 0 Å². The molecule has 0 radical (unpaired) electrons. The molecule has 0 aliphatic carbocycles. The Bertz CT molecular complexity index is 633. The minimum absolute atomic E-state index is 0.146. The van der Waals surface area contributed by atoms with Gasteiger partial charge < -0.3 is 10.4 Å². The number of carbonyl (C=O) groups is 1. The summed E-state index contributed by atoms with van der Waals surface area (Å²) in [4.78, 5) is 12.4. The van der Waals surface area contributed by atoms with Crippen LogP contribution in [0, 0.1) is 17.5 Å². The molecule has 2 aromatic rings. The van der Waals surface area contributed by atoms with Gasteiger partial charge in [0.05, 0.1) is 6.54 Å². The summed E-state index contributed by atoms with van der Waals surface area (Å²) in [5.41, 5.74) is -1.66. The minimum Gasteiger partial charge on any atom is -0.383 e. The van der Waals surface area contributed by atoms with Crippen LogP contribution >= 0.6 is 11.3 Å². The molecule has 1 amide bonds. The highest BCUT2D eigenvalue weighted by atomic mass is 32.1. The van der Waals surface area contributed by atoms with Gasteiger partial charge in [-0.2, -0.15) is 0 Å². The molecule has 0 saturated heterocycles. The Kier molecular flexibility index (Phi) is 4.34. The first kappa shape index (κ1) is 15.5. The fourth-order valence-corrected chi connectivity index (χ4v) is 2.50. The smallest absolute Gasteiger partial charge is 0.251 e. The number of rotatable bonds is 4. The molecule has 112 valence electrons. The Morgan fingerprint density at radius 1 is 1.33 bits per heavy atom. The monoisotopic (exact) mass is 315 g/mol. The quantitative estimate of drug-likeness (QED) is 0.853. The highest BCUT2D eigenvalue weighted by Crippen LogP contribution is 2.24. The van der Waals surface area contributed by atoms with Crippen molar-refractivity contribution in [2.24, 2.45) is 0 Å². The summed E-state index contributed by atoms with van der Waals surface area (Å²) < 4.78 is 38.9. The summed E-state index contributed by atoms with van der Waals surface area (Å²) in [6.07, 6.45) is 0. The van der Waals surface area contributed by atoms with Gasteiger partial charge in [0.2, 0.25) is 0 Å². The van der Waals surface area contributed by atoms with E-state index < -0.39 is 29.0 Å². The molecule has 0 spiro atoms. The van der Waals surface area contributed by atoms with E-state index in [2.05, 4.69) is 5.32 Å². The van der Waals surface area contributed by atoms with Crippen LogP contribution in [0.3, 0.4) is 0 Å². The zero-order chi connectivity index (χ0) is 15.6. The summed E-state index contributed by atoms with van der Waals surface area (Å²) in [6.45, 7) is 1.36. The van der Waals surface area contributed by atoms with Crippen LogP contribution < -0.4 is 5.32 Å². The lowest BCUT2D eigenvalue weighted by atomic mass is 10.0. The van der Waals surface area contributed by atoms with Crippen LogP contribution in [0.15, 0.2) is 29.6 Å². The predicted octanol–water partition coefficient (Wildman–Crippen LogP) is 2.80. The van der Waals surface area contributed by atoms with Crippen molar-refractivity contribution < 1.29 is 23.1 Å². The Balaban J connectivity index is 2.09. The van der Waals surface area contributed by atoms with E-state index in [1.165, 1.54) is 18.3 Å². The Labute approximate surface area is 123 Å². The number of halogens is 3. The van der Waals surface area contributed by atoms with Crippen molar-refractivity contribution in [1.82, 2.24) is 5.32 Å². The van der Waals surface area contributed by atoms with E-state index >= 15 is 0 Å². The Hall–Kier alpha value is -1.86. The topological polar surface area (TPSA) is 49.3 Å². The summed E-state index contributed by atoms with van der Waals surface area (Å²) in [5, 5.41) is 14.3. The largest absolute Gasteiger partial charge is 0.383 e. The SMILES string of the molecule is C[C@@](O)(CNC(=O)c1cc(F)c(F)c(F)c1)c1cccs1. The van der Waals surface area contributed by atoms with Gasteiger partial charge in [0.15, 0.2) is 17.5 Å². The summed E-state index contributed by atoms with van der Waals surface area (Å²) in [6, 6.07) is 4.66. The van der Waals surface area contributed by atoms with E-state index in [0.717, 1.165) is 0 Å². The summed E-state index contributed by atoms with van der Waals surface area (Å²) in [5.74, 6) is -5.31. The summed E-state index contributed by atoms with van der Waals surface area (Å²) >= 11 is 1.31. The van der Waals surface area contributed by atoms with Crippen molar-refractivity contribution in [1.29, 1.82) is 0 Å². The van der Waals surface area contributed by atoms with Gasteiger partial charge in [-0.15, -0.1) is 11.3 Å². The second-order valence-electron chi connectivity index (χ2n) is 4.69. The van der Waals surface area contributed by atoms with E-state index in [1.54, 1.807) is 17.5 Å². The van der Waals surface area contributed by atoms with Crippen LogP contribution in [0.25, 0.3) is 0 Å². The molecule has 0 unspecified atom stereocenters. The van der Waals surface area contributed by atoms with Gasteiger partial charge >= 0.3 is 0 Å². The molecular weight excluding hydrogens is 303 g/mol. The molecular formula is C14H12F3NO2S. The zero-order valence-electron chi connectivity index (χ0n) is 11.0. The van der Waals surface area contributed by atoms with Crippen LogP contribution in [0.5, 0.6) is 0 Å². The zero-order valence-corrected chi connectivity index (χ0v) is 11.8. The molecule has 2 N–H and O–H groups in total. The lowest BCUT2D eigenvalue weighted by molar-refractivity contribution is 0.0556. The van der Waals surface area contributed by atoms with E-state index in [-0.39, 0.29) is 12.1 Å². The molecule has 7 heteroatoms. The molecule has 0 fully saturated rings. The number of amides is 1. The van der Waals surface area contributed by atoms with Gasteiger partial charge in [-0.25, -0.2) is 13.2 Å². The average molecular weight is 315 g/mol. The van der Waals surface area contributed by atoms with Crippen molar-refractivity contribution in [2.45, 2.75) is 12.5 Å². The first-order valence-electron chi connectivity index (χ1n) is 6.00. The molecule has 0 aliphatic rings. The van der Waals surface area contributed by atoms with Crippen LogP contribution in [-0.4, -0.2) is 17.6 Å². The highest BCUT2D eigenvalue weighted by Gasteiger charge is 2.25. The molecule has 2 rings (SSSR count). The molecule has 0 saturated carbocycles. The Morgan fingerprint density at radius 3 is 2.48 bits per heavy atom. The standard InChI is InChI=1S/C14H12F3NO2S/c1-14(20,11-3-2-4-21-11)7-18-13(19)8-5-9(15)12(17)10(16)6-8/h2-6,20H,7H2,1H3,(H,18,19)/t14-/m1/s1. The third-order valence-electron chi connectivity index (χ3n) is 2.89. The highest BCUT2D eigenvalue weighted by molar-refractivity contribution is 7.10. The third-order valence-corrected chi connectivity index (χ3v) is 4.01. The van der Waals surface area contributed by atoms with Gasteiger partial charge in [0.1, 0.15) is 5.60 Å². The Morgan fingerprint density at radius 2 is 1.95 bits per heavy atom. The number of aliphatic hydroxyl groups is 1. The number of carbonyl (C=O) groups excluding carboxylic acids is 1. The maximum atomic E-state index is 13.1. The van der Waals surface area contributed by atoms with Gasteiger partial charge in [-0.1, -0.05) is 6.07 Å². The van der Waals surface area contributed by atoms with Crippen molar-refractivity contribution in [3.05, 3.63) is 57.5 Å². The number of thiophene rings is 1. The van der Waals surface area contributed by atoms with Crippen molar-refractivity contribution in [3.8, 4) is 0 Å². The minimum atomic E-state index is -1.63. The van der Waals surface area contributed by atoms with Crippen LogP contribution in [-0.2, 0) is 5.60 Å². The van der Waals surface area contributed by atoms with Gasteiger partial charge in [-0.3, -0.25) is 4.79 Å². The molecule has 1 aromatic heterocycles. The lowest BCUT2D eigenvalue weighted by Crippen LogP contribution is -2.38. The normalized spacial score (nSPS) is 13.8. The molecule has 0 aliphatic heterocycles. The van der Waals surface area contributed by atoms with Crippen molar-refractivity contribution >= 4 is 17.2 Å². The molecule has 3 nitrogen and oxygen atoms in total. The predicted molar refractivity (Wildman–Crippen MR) is 72.5 cm³/mol. The van der Waals surface area contributed by atoms with Crippen LogP contribution in [0.4, 0.5) is 13.2 Å². The number of nitrogens with one attached hydrogen (secondary N) is 1. The van der Waals surface area contributed by atoms with Crippen molar-refractivity contribution in [3.63, 3.8) is 0 Å². The van der Waals surface area contributed by atoms with Gasteiger partial charge in [0, 0.05) is 10.4 Å². The number of hydrogen-bond donors (Lipinski definition) is 2. The second-order valence-corrected chi connectivity index (χ2v) is 5.64. The lowest BCUT2D eigenvalue weighted by Gasteiger charge is -2.22. The van der Waals surface area contributed by atoms with E-state index in [9.17, 15) is 23.1 Å². The first-order valence-corrected chi connectivity index (χ1v) is 6.88. The van der Waals surface area contributed by atoms with Crippen molar-refractivity contribution in [2.75, 3.05) is 6.54 Å².